The summed E-state index contributed by atoms with van der Waals surface area (Å²) in [5.74, 6) is -2.47. The van der Waals surface area contributed by atoms with Gasteiger partial charge in [0.2, 0.25) is 33.4 Å². The summed E-state index contributed by atoms with van der Waals surface area (Å²) in [5.41, 5.74) is 2.28. The first-order valence-corrected chi connectivity index (χ1v) is 26.9. The number of ether oxygens (including phenoxy) is 1. The van der Waals surface area contributed by atoms with Crippen molar-refractivity contribution in [1.82, 2.24) is 0 Å². The first-order chi connectivity index (χ1) is 36.1. The van der Waals surface area contributed by atoms with Crippen molar-refractivity contribution in [2.24, 2.45) is 0 Å². The van der Waals surface area contributed by atoms with E-state index in [1.165, 1.54) is 92.0 Å². The third-order valence-corrected chi connectivity index (χ3v) is 16.6. The van der Waals surface area contributed by atoms with Crippen LogP contribution < -0.4 is 17.3 Å². The number of benzene rings is 9. The molecule has 76 heavy (non-hydrogen) atoms. The number of fused-ring (bicyclic) bond motifs is 3. The Labute approximate surface area is 434 Å². The van der Waals surface area contributed by atoms with Crippen LogP contribution in [-0.4, -0.2) is 47.7 Å². The van der Waals surface area contributed by atoms with Crippen molar-refractivity contribution in [2.75, 3.05) is 7.11 Å². The highest BCUT2D eigenvalue weighted by Crippen LogP contribution is 2.46. The molecule has 0 aliphatic rings. The minimum atomic E-state index is -4.74. The average Bonchev–Trinajstić information content (AvgIpc) is 3.41. The molecule has 0 aliphatic heterocycles. The van der Waals surface area contributed by atoms with Gasteiger partial charge in [0.1, 0.15) is 26.2 Å². The zero-order valence-electron chi connectivity index (χ0n) is 40.6. The van der Waals surface area contributed by atoms with Gasteiger partial charge in [-0.05, 0) is 103 Å². The van der Waals surface area contributed by atoms with Gasteiger partial charge in [-0.3, -0.25) is 0 Å². The number of rotatable bonds is 13. The number of phenolic OH excluding ortho intramolecular Hbond substituents is 3. The second kappa shape index (κ2) is 19.4. The smallest absolute Gasteiger partial charge is 0.428 e. The number of hydrogen-bond donors (Lipinski definition) is 3. The molecular formula is C54H41N6O13S3+3. The van der Waals surface area contributed by atoms with E-state index < -0.39 is 64.1 Å². The fourth-order valence-electron chi connectivity index (χ4n) is 9.34. The van der Waals surface area contributed by atoms with Crippen LogP contribution in [0.3, 0.4) is 0 Å². The molecule has 0 heterocycles. The lowest BCUT2D eigenvalue weighted by Gasteiger charge is -2.24. The van der Waals surface area contributed by atoms with Crippen LogP contribution in [0, 0.1) is 43.9 Å². The largest absolute Gasteiger partial charge is 0.501 e. The van der Waals surface area contributed by atoms with Gasteiger partial charge in [0, 0.05) is 50.4 Å². The zero-order valence-corrected chi connectivity index (χ0v) is 43.1. The maximum Gasteiger partial charge on any atom is 0.428 e. The number of nitrogens with zero attached hydrogens (tertiary/aromatic N) is 6. The molecule has 9 aromatic carbocycles. The minimum Gasteiger partial charge on any atom is -0.501 e. The number of methoxy groups -OCH3 is 1. The van der Waals surface area contributed by atoms with Gasteiger partial charge in [0.15, 0.2) is 26.4 Å². The Bertz CT molecular complexity index is 4220. The Hall–Kier alpha value is -9.53. The molecule has 0 radical (unpaired) electrons. The third kappa shape index (κ3) is 9.04. The highest BCUT2D eigenvalue weighted by atomic mass is 32.2. The Balaban J connectivity index is 1.15. The Kier molecular flexibility index (Phi) is 13.1. The molecule has 0 fully saturated rings. The molecule has 22 heteroatoms. The molecule has 3 N–H and O–H groups in total. The van der Waals surface area contributed by atoms with Crippen LogP contribution in [0.1, 0.15) is 44.9 Å². The molecule has 380 valence electrons. The maximum absolute atomic E-state index is 14.1. The maximum atomic E-state index is 14.1. The van der Waals surface area contributed by atoms with Crippen LogP contribution in [-0.2, 0) is 30.4 Å². The van der Waals surface area contributed by atoms with Gasteiger partial charge in [-0.15, -0.1) is 0 Å². The molecule has 9 rings (SSSR count). The first-order valence-electron chi connectivity index (χ1n) is 22.7. The molecule has 0 spiro atoms. The lowest BCUT2D eigenvalue weighted by atomic mass is 9.82. The molecule has 0 aromatic heterocycles. The van der Waals surface area contributed by atoms with E-state index in [1.807, 2.05) is 0 Å². The molecule has 0 saturated carbocycles. The Morgan fingerprint density at radius 3 is 1.24 bits per heavy atom. The van der Waals surface area contributed by atoms with E-state index in [9.17, 15) is 56.8 Å². The molecular weight excluding hydrogens is 1040 g/mol. The summed E-state index contributed by atoms with van der Waals surface area (Å²) in [5, 5.41) is 60.9. The van der Waals surface area contributed by atoms with Crippen LogP contribution in [0.15, 0.2) is 148 Å². The van der Waals surface area contributed by atoms with Gasteiger partial charge < -0.3 is 32.6 Å². The quantitative estimate of drug-likeness (QED) is 0.0549. The molecule has 0 saturated heterocycles. The summed E-state index contributed by atoms with van der Waals surface area (Å²) < 4.78 is 108. The minimum absolute atomic E-state index is 0.0128. The van der Waals surface area contributed by atoms with Crippen molar-refractivity contribution >= 4 is 79.7 Å². The van der Waals surface area contributed by atoms with E-state index >= 15 is 0 Å². The highest BCUT2D eigenvalue weighted by molar-refractivity contribution is 7.88. The molecule has 0 amide bonds. The van der Waals surface area contributed by atoms with Crippen molar-refractivity contribution in [2.45, 2.75) is 48.3 Å². The first kappa shape index (κ1) is 51.4. The number of hydrogen-bond acceptors (Lipinski definition) is 16. The molecule has 0 aliphatic carbocycles. The van der Waals surface area contributed by atoms with Crippen LogP contribution in [0.4, 0.5) is 17.1 Å². The number of aryl methyl sites for hydroxylation is 4. The van der Waals surface area contributed by atoms with Crippen LogP contribution >= 0.6 is 0 Å². The van der Waals surface area contributed by atoms with Gasteiger partial charge in [0.05, 0.1) is 13.2 Å². The van der Waals surface area contributed by atoms with Gasteiger partial charge in [-0.2, -0.15) is 25.3 Å². The standard InChI is InChI=1S/C54H38N6O13S3/c1-28-22-33(23-29(2)53(28)72-74(64,65)46-14-8-12-39-36(46)17-19-41(58-55)50(39)61)49(32-16-21-44(45(26-32)70-5)71-76(68,69)48-27-43(60-57)52(63)38-11-7-6-10-35(38)48)34-24-30(3)54(31(4)25-34)73-75(66,67)47-15-9-13-40-37(47)18-20-42(59-56)51(40)62/h6-27,49H,1-5H3/p+3. The van der Waals surface area contributed by atoms with Gasteiger partial charge >= 0.3 is 47.4 Å². The molecule has 9 aromatic rings. The predicted octanol–water partition coefficient (Wildman–Crippen LogP) is 12.4. The predicted molar refractivity (Wildman–Crippen MR) is 280 cm³/mol. The van der Waals surface area contributed by atoms with Crippen molar-refractivity contribution in [3.63, 3.8) is 0 Å². The lowest BCUT2D eigenvalue weighted by Crippen LogP contribution is -2.14. The van der Waals surface area contributed by atoms with E-state index in [1.54, 1.807) is 70.2 Å². The van der Waals surface area contributed by atoms with Crippen molar-refractivity contribution in [1.29, 1.82) is 16.2 Å². The van der Waals surface area contributed by atoms with Gasteiger partial charge in [-0.1, -0.05) is 78.9 Å². The van der Waals surface area contributed by atoms with Crippen LogP contribution in [0.5, 0.6) is 40.2 Å². The van der Waals surface area contributed by atoms with E-state index in [0.29, 0.717) is 38.9 Å². The van der Waals surface area contributed by atoms with Gasteiger partial charge in [0.25, 0.3) is 0 Å². The Morgan fingerprint density at radius 2 is 0.803 bits per heavy atom. The molecule has 0 unspecified atom stereocenters. The fourth-order valence-corrected chi connectivity index (χ4v) is 13.0. The summed E-state index contributed by atoms with van der Waals surface area (Å²) in [6, 6.07) is 31.8. The molecule has 0 atom stereocenters. The Morgan fingerprint density at radius 1 is 0.408 bits per heavy atom. The molecule has 0 bridgehead atoms. The van der Waals surface area contributed by atoms with E-state index in [4.69, 9.17) is 17.3 Å². The lowest BCUT2D eigenvalue weighted by molar-refractivity contribution is 0.390. The molecule has 19 nitrogen and oxygen atoms in total. The van der Waals surface area contributed by atoms with Crippen molar-refractivity contribution in [3.05, 3.63) is 187 Å². The van der Waals surface area contributed by atoms with Gasteiger partial charge in [-0.25, -0.2) is 0 Å². The number of aromatic hydroxyl groups is 3. The van der Waals surface area contributed by atoms with Crippen LogP contribution in [0.25, 0.3) is 47.2 Å². The average molecular weight is 1080 g/mol. The summed E-state index contributed by atoms with van der Waals surface area (Å²) in [4.78, 5) is 8.19. The topological polar surface area (TPSA) is 284 Å². The third-order valence-electron chi connectivity index (χ3n) is 12.8. The SMILES string of the molecule is COc1cc(C(c2cc(C)c(OS(=O)(=O)c3cccc4c(O)c([N+]#N)ccc34)c(C)c2)c2cc(C)c(OS(=O)(=O)c3cccc4c(O)c([N+]#N)ccc34)c(C)c2)ccc1OS(=O)(=O)c1cc([N+]#N)c(O)c2ccccc12. The van der Waals surface area contributed by atoms with E-state index in [-0.39, 0.29) is 76.5 Å². The second-order valence-electron chi connectivity index (χ2n) is 17.6. The fraction of sp³-hybridized carbons (Fsp3) is 0.111. The van der Waals surface area contributed by atoms with Crippen molar-refractivity contribution in [3.8, 4) is 40.2 Å². The highest BCUT2D eigenvalue weighted by Gasteiger charge is 2.32. The summed E-state index contributed by atoms with van der Waals surface area (Å²) in [6.07, 6.45) is 0. The zero-order chi connectivity index (χ0) is 54.6. The monoisotopic (exact) mass is 1080 g/mol. The summed E-state index contributed by atoms with van der Waals surface area (Å²) in [6.45, 7) is 6.55. The summed E-state index contributed by atoms with van der Waals surface area (Å²) in [7, 11) is -12.6. The van der Waals surface area contributed by atoms with E-state index in [2.05, 4.69) is 14.9 Å². The van der Waals surface area contributed by atoms with Crippen LogP contribution in [0.2, 0.25) is 0 Å². The van der Waals surface area contributed by atoms with Crippen molar-refractivity contribution < 1.29 is 57.9 Å². The number of diazo groups is 3. The normalized spacial score (nSPS) is 11.8. The number of phenols is 3. The van der Waals surface area contributed by atoms with E-state index in [0.717, 1.165) is 6.07 Å². The second-order valence-corrected chi connectivity index (χ2v) is 22.1. The summed E-state index contributed by atoms with van der Waals surface area (Å²) >= 11 is 0.